The molecule has 27 heavy (non-hydrogen) atoms. The van der Waals surface area contributed by atoms with Gasteiger partial charge in [-0.2, -0.15) is 31.4 Å². The van der Waals surface area contributed by atoms with Crippen LogP contribution in [0.4, 0.5) is 32.0 Å². The van der Waals surface area contributed by atoms with Crippen molar-refractivity contribution in [1.29, 1.82) is 0 Å². The number of nitrogens with one attached hydrogen (secondary N) is 1. The summed E-state index contributed by atoms with van der Waals surface area (Å²) in [5, 5.41) is 5.64. The first-order valence-electron chi connectivity index (χ1n) is 8.19. The maximum Gasteiger partial charge on any atom is 0.435 e. The zero-order chi connectivity index (χ0) is 19.8. The van der Waals surface area contributed by atoms with E-state index in [4.69, 9.17) is 0 Å². The Morgan fingerprint density at radius 3 is 2.37 bits per heavy atom. The number of hydrogen-bond acceptors (Lipinski definition) is 2. The molecule has 10 heteroatoms. The van der Waals surface area contributed by atoms with E-state index in [2.05, 4.69) is 10.4 Å². The fourth-order valence-corrected chi connectivity index (χ4v) is 3.19. The van der Waals surface area contributed by atoms with Crippen LogP contribution in [0.1, 0.15) is 35.4 Å². The van der Waals surface area contributed by atoms with Crippen LogP contribution in [-0.4, -0.2) is 15.7 Å². The van der Waals surface area contributed by atoms with Gasteiger partial charge in [-0.15, -0.1) is 0 Å². The third-order valence-electron chi connectivity index (χ3n) is 4.33. The highest BCUT2D eigenvalue weighted by atomic mass is 19.4. The number of anilines is 1. The maximum atomic E-state index is 13.2. The van der Waals surface area contributed by atoms with Crippen molar-refractivity contribution in [3.63, 3.8) is 0 Å². The maximum absolute atomic E-state index is 13.2. The topological polar surface area (TPSA) is 46.9 Å². The summed E-state index contributed by atoms with van der Waals surface area (Å²) in [5.74, 6) is -0.878. The second kappa shape index (κ2) is 6.90. The average Bonchev–Trinajstić information content (AvgIpc) is 2.93. The van der Waals surface area contributed by atoms with Gasteiger partial charge in [0.15, 0.2) is 5.69 Å². The van der Waals surface area contributed by atoms with Gasteiger partial charge in [0.25, 0.3) is 0 Å². The van der Waals surface area contributed by atoms with Crippen molar-refractivity contribution in [2.24, 2.45) is 0 Å². The van der Waals surface area contributed by atoms with Crippen molar-refractivity contribution >= 4 is 11.6 Å². The number of carbonyl (C=O) groups is 1. The minimum Gasteiger partial charge on any atom is -0.324 e. The van der Waals surface area contributed by atoms with Crippen molar-refractivity contribution in [2.45, 2.75) is 44.6 Å². The Balaban J connectivity index is 1.85. The van der Waals surface area contributed by atoms with Gasteiger partial charge < -0.3 is 5.32 Å². The third kappa shape index (κ3) is 4.09. The molecule has 1 amide bonds. The average molecular weight is 391 g/mol. The van der Waals surface area contributed by atoms with Gasteiger partial charge in [0.2, 0.25) is 5.91 Å². The Kier molecular flexibility index (Phi) is 4.92. The van der Waals surface area contributed by atoms with E-state index in [-0.39, 0.29) is 12.0 Å². The van der Waals surface area contributed by atoms with E-state index in [1.807, 2.05) is 0 Å². The summed E-state index contributed by atoms with van der Waals surface area (Å²) in [6.07, 6.45) is -7.51. The highest BCUT2D eigenvalue weighted by Crippen LogP contribution is 2.36. The van der Waals surface area contributed by atoms with Crippen LogP contribution in [0.5, 0.6) is 0 Å². The van der Waals surface area contributed by atoms with Gasteiger partial charge in [-0.3, -0.25) is 9.48 Å². The molecule has 0 saturated heterocycles. The molecule has 3 rings (SSSR count). The fraction of sp³-hybridized carbons (Fsp3) is 0.412. The molecule has 1 aromatic heterocycles. The summed E-state index contributed by atoms with van der Waals surface area (Å²) in [7, 11) is 0. The van der Waals surface area contributed by atoms with Gasteiger partial charge >= 0.3 is 12.4 Å². The van der Waals surface area contributed by atoms with Gasteiger partial charge in [0.05, 0.1) is 11.3 Å². The zero-order valence-corrected chi connectivity index (χ0v) is 13.9. The predicted octanol–water partition coefficient (Wildman–Crippen LogP) is 4.44. The number of rotatable bonds is 3. The molecule has 0 unspecified atom stereocenters. The SMILES string of the molecule is O=C(Cn1nc(C(F)(F)F)c2c1CCCC2)Nc1ccccc1C(F)(F)F. The molecule has 0 atom stereocenters. The number of halogens is 6. The van der Waals surface area contributed by atoms with Crippen LogP contribution in [-0.2, 0) is 36.5 Å². The van der Waals surface area contributed by atoms with Crippen molar-refractivity contribution < 1.29 is 31.1 Å². The molecular formula is C17H15F6N3O. The summed E-state index contributed by atoms with van der Waals surface area (Å²) in [6.45, 7) is -0.593. The van der Waals surface area contributed by atoms with Gasteiger partial charge in [0, 0.05) is 11.3 Å². The fourth-order valence-electron chi connectivity index (χ4n) is 3.19. The lowest BCUT2D eigenvalue weighted by molar-refractivity contribution is -0.142. The molecule has 0 saturated carbocycles. The highest BCUT2D eigenvalue weighted by Gasteiger charge is 2.40. The summed E-state index contributed by atoms with van der Waals surface area (Å²) in [4.78, 5) is 12.2. The van der Waals surface area contributed by atoms with Crippen molar-refractivity contribution in [2.75, 3.05) is 5.32 Å². The monoisotopic (exact) mass is 391 g/mol. The molecule has 1 aliphatic carbocycles. The van der Waals surface area contributed by atoms with Gasteiger partial charge in [-0.05, 0) is 37.8 Å². The molecule has 0 fully saturated rings. The van der Waals surface area contributed by atoms with Crippen molar-refractivity contribution in [1.82, 2.24) is 9.78 Å². The van der Waals surface area contributed by atoms with Crippen LogP contribution in [0.2, 0.25) is 0 Å². The Morgan fingerprint density at radius 2 is 1.70 bits per heavy atom. The van der Waals surface area contributed by atoms with Crippen molar-refractivity contribution in [3.05, 3.63) is 46.8 Å². The van der Waals surface area contributed by atoms with Crippen molar-refractivity contribution in [3.8, 4) is 0 Å². The molecule has 1 aliphatic rings. The van der Waals surface area contributed by atoms with Crippen LogP contribution in [0, 0.1) is 0 Å². The first-order chi connectivity index (χ1) is 12.6. The number of fused-ring (bicyclic) bond motifs is 1. The Labute approximate surface area is 150 Å². The van der Waals surface area contributed by atoms with Crippen LogP contribution in [0.15, 0.2) is 24.3 Å². The normalized spacial score (nSPS) is 14.7. The van der Waals surface area contributed by atoms with E-state index in [9.17, 15) is 31.1 Å². The molecule has 0 radical (unpaired) electrons. The number of benzene rings is 1. The van der Waals surface area contributed by atoms with E-state index >= 15 is 0 Å². The van der Waals surface area contributed by atoms with Crippen LogP contribution < -0.4 is 5.32 Å². The summed E-state index contributed by atoms with van der Waals surface area (Å²) in [5.41, 5.74) is -2.13. The number of hydrogen-bond donors (Lipinski definition) is 1. The highest BCUT2D eigenvalue weighted by molar-refractivity contribution is 5.91. The quantitative estimate of drug-likeness (QED) is 0.787. The molecule has 146 valence electrons. The third-order valence-corrected chi connectivity index (χ3v) is 4.33. The molecule has 4 nitrogen and oxygen atoms in total. The lowest BCUT2D eigenvalue weighted by atomic mass is 9.95. The predicted molar refractivity (Wildman–Crippen MR) is 83.9 cm³/mol. The number of alkyl halides is 6. The Hall–Kier alpha value is -2.52. The molecule has 2 aromatic rings. The van der Waals surface area contributed by atoms with E-state index in [1.165, 1.54) is 12.1 Å². The summed E-state index contributed by atoms with van der Waals surface area (Å²) < 4.78 is 79.4. The lowest BCUT2D eigenvalue weighted by Crippen LogP contribution is -2.23. The second-order valence-electron chi connectivity index (χ2n) is 6.23. The molecule has 1 heterocycles. The number of aromatic nitrogens is 2. The molecule has 0 bridgehead atoms. The molecule has 1 aromatic carbocycles. The largest absolute Gasteiger partial charge is 0.435 e. The number of nitrogens with zero attached hydrogens (tertiary/aromatic N) is 2. The minimum absolute atomic E-state index is 0.0669. The van der Waals surface area contributed by atoms with E-state index < -0.39 is 41.7 Å². The first-order valence-corrected chi connectivity index (χ1v) is 8.19. The zero-order valence-electron chi connectivity index (χ0n) is 13.9. The number of para-hydroxylation sites is 1. The summed E-state index contributed by atoms with van der Waals surface area (Å²) >= 11 is 0. The number of amides is 1. The van der Waals surface area contributed by atoms with E-state index in [0.29, 0.717) is 25.0 Å². The summed E-state index contributed by atoms with van der Waals surface area (Å²) in [6, 6.07) is 4.40. The molecular weight excluding hydrogens is 376 g/mol. The van der Waals surface area contributed by atoms with E-state index in [0.717, 1.165) is 16.8 Å². The standard InChI is InChI=1S/C17H15F6N3O/c18-16(19,20)11-6-2-3-7-12(11)24-14(27)9-26-13-8-4-1-5-10(13)15(25-26)17(21,22)23/h2-3,6-7H,1,4-5,8-9H2,(H,24,27). The second-order valence-corrected chi connectivity index (χ2v) is 6.23. The smallest absolute Gasteiger partial charge is 0.324 e. The number of carbonyl (C=O) groups excluding carboxylic acids is 1. The molecule has 0 spiro atoms. The van der Waals surface area contributed by atoms with Crippen LogP contribution in [0.25, 0.3) is 0 Å². The Bertz CT molecular complexity index is 853. The van der Waals surface area contributed by atoms with Gasteiger partial charge in [0.1, 0.15) is 6.54 Å². The Morgan fingerprint density at radius 1 is 1.04 bits per heavy atom. The lowest BCUT2D eigenvalue weighted by Gasteiger charge is -2.16. The van der Waals surface area contributed by atoms with Crippen LogP contribution >= 0.6 is 0 Å². The van der Waals surface area contributed by atoms with Gasteiger partial charge in [-0.1, -0.05) is 12.1 Å². The minimum atomic E-state index is -4.67. The van der Waals surface area contributed by atoms with Gasteiger partial charge in [-0.25, -0.2) is 0 Å². The molecule has 1 N–H and O–H groups in total. The van der Waals surface area contributed by atoms with E-state index in [1.54, 1.807) is 0 Å². The molecule has 0 aliphatic heterocycles. The van der Waals surface area contributed by atoms with Crippen LogP contribution in [0.3, 0.4) is 0 Å². The first kappa shape index (κ1) is 19.2.